The van der Waals surface area contributed by atoms with E-state index in [4.69, 9.17) is 0 Å². The quantitative estimate of drug-likeness (QED) is 0.769. The van der Waals surface area contributed by atoms with Crippen molar-refractivity contribution >= 4 is 15.9 Å². The highest BCUT2D eigenvalue weighted by Gasteiger charge is 2.33. The van der Waals surface area contributed by atoms with Crippen molar-refractivity contribution in [1.82, 2.24) is 14.5 Å². The van der Waals surface area contributed by atoms with Crippen LogP contribution in [0, 0.1) is 11.8 Å². The highest BCUT2D eigenvalue weighted by Crippen LogP contribution is 2.23. The summed E-state index contributed by atoms with van der Waals surface area (Å²) in [6, 6.07) is 8.47. The third-order valence-electron chi connectivity index (χ3n) is 5.53. The maximum Gasteiger partial charge on any atom is 0.243 e. The highest BCUT2D eigenvalue weighted by molar-refractivity contribution is 7.89. The van der Waals surface area contributed by atoms with Crippen molar-refractivity contribution in [2.45, 2.75) is 37.5 Å². The molecule has 27 heavy (non-hydrogen) atoms. The van der Waals surface area contributed by atoms with Gasteiger partial charge in [-0.3, -0.25) is 4.79 Å². The Hall–Kier alpha value is -1.44. The van der Waals surface area contributed by atoms with Gasteiger partial charge in [0.05, 0.1) is 10.8 Å². The first kappa shape index (κ1) is 20.3. The summed E-state index contributed by atoms with van der Waals surface area (Å²) in [4.78, 5) is 15.3. The SMILES string of the molecule is CC(CNC(=O)C1CCCN(S(=O)(=O)c2ccccc2)C1)CN1CCCC1. The smallest absolute Gasteiger partial charge is 0.243 e. The molecule has 1 N–H and O–H groups in total. The Bertz CT molecular complexity index is 717. The van der Waals surface area contributed by atoms with Gasteiger partial charge >= 0.3 is 0 Å². The first-order valence-electron chi connectivity index (χ1n) is 10.0. The lowest BCUT2D eigenvalue weighted by Crippen LogP contribution is -2.46. The van der Waals surface area contributed by atoms with E-state index < -0.39 is 10.0 Å². The number of hydrogen-bond acceptors (Lipinski definition) is 4. The Morgan fingerprint density at radius 2 is 1.85 bits per heavy atom. The molecular formula is C20H31N3O3S. The summed E-state index contributed by atoms with van der Waals surface area (Å²) in [5, 5.41) is 3.05. The summed E-state index contributed by atoms with van der Waals surface area (Å²) >= 11 is 0. The van der Waals surface area contributed by atoms with Gasteiger partial charge in [0.2, 0.25) is 15.9 Å². The van der Waals surface area contributed by atoms with E-state index in [0.29, 0.717) is 30.3 Å². The van der Waals surface area contributed by atoms with E-state index >= 15 is 0 Å². The van der Waals surface area contributed by atoms with Gasteiger partial charge in [-0.25, -0.2) is 8.42 Å². The molecule has 0 saturated carbocycles. The monoisotopic (exact) mass is 393 g/mol. The molecule has 0 aliphatic carbocycles. The fraction of sp³-hybridized carbons (Fsp3) is 0.650. The molecule has 2 aliphatic rings. The minimum Gasteiger partial charge on any atom is -0.356 e. The average Bonchev–Trinajstić information content (AvgIpc) is 3.20. The molecule has 2 saturated heterocycles. The molecule has 0 radical (unpaired) electrons. The number of hydrogen-bond donors (Lipinski definition) is 1. The largest absolute Gasteiger partial charge is 0.356 e. The van der Waals surface area contributed by atoms with E-state index in [1.807, 2.05) is 0 Å². The molecule has 1 aromatic rings. The van der Waals surface area contributed by atoms with Crippen LogP contribution in [0.5, 0.6) is 0 Å². The van der Waals surface area contributed by atoms with Gasteiger partial charge in [0.25, 0.3) is 0 Å². The van der Waals surface area contributed by atoms with Gasteiger partial charge < -0.3 is 10.2 Å². The minimum absolute atomic E-state index is 0.0174. The second-order valence-corrected chi connectivity index (χ2v) is 9.81. The number of nitrogens with zero attached hydrogens (tertiary/aromatic N) is 2. The zero-order valence-electron chi connectivity index (χ0n) is 16.1. The fourth-order valence-corrected chi connectivity index (χ4v) is 5.55. The van der Waals surface area contributed by atoms with Gasteiger partial charge in [-0.1, -0.05) is 25.1 Å². The van der Waals surface area contributed by atoms with Gasteiger partial charge in [-0.15, -0.1) is 0 Å². The predicted octanol–water partition coefficient (Wildman–Crippen LogP) is 1.94. The topological polar surface area (TPSA) is 69.7 Å². The summed E-state index contributed by atoms with van der Waals surface area (Å²) in [6.45, 7) is 6.89. The Morgan fingerprint density at radius 1 is 1.15 bits per heavy atom. The maximum absolute atomic E-state index is 12.8. The zero-order chi connectivity index (χ0) is 19.3. The molecule has 1 amide bonds. The zero-order valence-corrected chi connectivity index (χ0v) is 17.0. The molecule has 0 spiro atoms. The molecule has 0 aromatic heterocycles. The maximum atomic E-state index is 12.8. The summed E-state index contributed by atoms with van der Waals surface area (Å²) in [5.41, 5.74) is 0. The summed E-state index contributed by atoms with van der Waals surface area (Å²) in [6.07, 6.45) is 4.00. The Labute approximate surface area is 163 Å². The number of piperidine rings is 1. The summed E-state index contributed by atoms with van der Waals surface area (Å²) in [5.74, 6) is 0.118. The predicted molar refractivity (Wildman–Crippen MR) is 106 cm³/mol. The average molecular weight is 394 g/mol. The standard InChI is InChI=1S/C20H31N3O3S/c1-17(15-22-11-5-6-12-22)14-21-20(24)18-8-7-13-23(16-18)27(25,26)19-9-3-2-4-10-19/h2-4,9-10,17-18H,5-8,11-16H2,1H3,(H,21,24). The molecule has 2 heterocycles. The molecule has 3 rings (SSSR count). The molecule has 2 atom stereocenters. The minimum atomic E-state index is -3.53. The van der Waals surface area contributed by atoms with Gasteiger partial charge in [0.1, 0.15) is 0 Å². The van der Waals surface area contributed by atoms with Gasteiger partial charge in [-0.2, -0.15) is 4.31 Å². The van der Waals surface area contributed by atoms with E-state index in [1.54, 1.807) is 30.3 Å². The first-order chi connectivity index (χ1) is 13.0. The number of carbonyl (C=O) groups excluding carboxylic acids is 1. The molecular weight excluding hydrogens is 362 g/mol. The Morgan fingerprint density at radius 3 is 2.56 bits per heavy atom. The van der Waals surface area contributed by atoms with E-state index in [0.717, 1.165) is 26.1 Å². The molecule has 1 aromatic carbocycles. The molecule has 7 heteroatoms. The lowest BCUT2D eigenvalue weighted by Gasteiger charge is -2.31. The number of rotatable bonds is 7. The van der Waals surface area contributed by atoms with Crippen LogP contribution in [0.1, 0.15) is 32.6 Å². The summed E-state index contributed by atoms with van der Waals surface area (Å²) in [7, 11) is -3.53. The van der Waals surface area contributed by atoms with E-state index in [1.165, 1.54) is 17.1 Å². The van der Waals surface area contributed by atoms with Crippen molar-refractivity contribution in [2.24, 2.45) is 11.8 Å². The van der Waals surface area contributed by atoms with Crippen LogP contribution < -0.4 is 5.32 Å². The van der Waals surface area contributed by atoms with Crippen LogP contribution in [0.2, 0.25) is 0 Å². The van der Waals surface area contributed by atoms with Crippen LogP contribution in [-0.2, 0) is 14.8 Å². The van der Waals surface area contributed by atoms with E-state index in [9.17, 15) is 13.2 Å². The lowest BCUT2D eigenvalue weighted by molar-refractivity contribution is -0.126. The first-order valence-corrected chi connectivity index (χ1v) is 11.5. The number of likely N-dealkylation sites (tertiary alicyclic amines) is 1. The highest BCUT2D eigenvalue weighted by atomic mass is 32.2. The van der Waals surface area contributed by atoms with Crippen molar-refractivity contribution in [1.29, 1.82) is 0 Å². The van der Waals surface area contributed by atoms with Crippen LogP contribution >= 0.6 is 0 Å². The Balaban J connectivity index is 1.52. The van der Waals surface area contributed by atoms with Crippen molar-refractivity contribution in [3.8, 4) is 0 Å². The van der Waals surface area contributed by atoms with Crippen LogP contribution in [-0.4, -0.2) is 62.8 Å². The second kappa shape index (κ2) is 9.17. The second-order valence-electron chi connectivity index (χ2n) is 7.87. The van der Waals surface area contributed by atoms with Crippen molar-refractivity contribution < 1.29 is 13.2 Å². The van der Waals surface area contributed by atoms with Crippen LogP contribution in [0.4, 0.5) is 0 Å². The molecule has 150 valence electrons. The number of carbonyl (C=O) groups is 1. The summed E-state index contributed by atoms with van der Waals surface area (Å²) < 4.78 is 27.1. The molecule has 2 fully saturated rings. The number of sulfonamides is 1. The van der Waals surface area contributed by atoms with Crippen LogP contribution in [0.25, 0.3) is 0 Å². The van der Waals surface area contributed by atoms with E-state index in [2.05, 4.69) is 17.1 Å². The third-order valence-corrected chi connectivity index (χ3v) is 7.41. The van der Waals surface area contributed by atoms with Gasteiger partial charge in [-0.05, 0) is 56.8 Å². The third kappa shape index (κ3) is 5.30. The molecule has 2 unspecified atom stereocenters. The van der Waals surface area contributed by atoms with Crippen molar-refractivity contribution in [3.05, 3.63) is 30.3 Å². The van der Waals surface area contributed by atoms with Crippen molar-refractivity contribution in [3.63, 3.8) is 0 Å². The number of nitrogens with one attached hydrogen (secondary N) is 1. The normalized spacial score (nSPS) is 23.2. The van der Waals surface area contributed by atoms with E-state index in [-0.39, 0.29) is 18.4 Å². The fourth-order valence-electron chi connectivity index (χ4n) is 4.01. The van der Waals surface area contributed by atoms with Gasteiger partial charge in [0, 0.05) is 26.2 Å². The molecule has 0 bridgehead atoms. The van der Waals surface area contributed by atoms with Gasteiger partial charge in [0.15, 0.2) is 0 Å². The van der Waals surface area contributed by atoms with Crippen LogP contribution in [0.3, 0.4) is 0 Å². The van der Waals surface area contributed by atoms with Crippen LogP contribution in [0.15, 0.2) is 35.2 Å². The molecule has 6 nitrogen and oxygen atoms in total. The Kier molecular flexibility index (Phi) is 6.89. The van der Waals surface area contributed by atoms with Crippen molar-refractivity contribution in [2.75, 3.05) is 39.3 Å². The number of benzene rings is 1. The molecule has 2 aliphatic heterocycles. The lowest BCUT2D eigenvalue weighted by atomic mass is 9.98. The number of amides is 1.